The summed E-state index contributed by atoms with van der Waals surface area (Å²) in [4.78, 5) is 7.71. The maximum atomic E-state index is 14.0. The molecule has 7 nitrogen and oxygen atoms in total. The highest BCUT2D eigenvalue weighted by Gasteiger charge is 2.42. The molecule has 0 amide bonds. The van der Waals surface area contributed by atoms with Crippen molar-refractivity contribution in [3.05, 3.63) is 53.6 Å². The number of halogens is 3. The number of nitrogens with zero attached hydrogens (tertiary/aromatic N) is 4. The van der Waals surface area contributed by atoms with E-state index in [0.29, 0.717) is 0 Å². The average molecular weight is 449 g/mol. The van der Waals surface area contributed by atoms with Crippen LogP contribution in [0.4, 0.5) is 14.6 Å². The number of aryl methyl sites for hydroxylation is 1. The van der Waals surface area contributed by atoms with Crippen molar-refractivity contribution in [3.8, 4) is 17.0 Å². The number of hydrogen-bond donors (Lipinski definition) is 2. The van der Waals surface area contributed by atoms with Crippen LogP contribution in [0.5, 0.6) is 5.75 Å². The standard InChI is InChI=1S/C21H22F2N6O.ClH/c1-12(19-14(22)9-26-10-15(19)23)30-17-6-13(8-27-20(17)24)16-7-18-21(2-4-25-11-21)3-5-29(18)28-16;/h6-10,12,25H,2-5,11H2,1H3,(H2,24,27);1H/t12?,21-;/m1./s1. The highest BCUT2D eigenvalue weighted by molar-refractivity contribution is 5.85. The summed E-state index contributed by atoms with van der Waals surface area (Å²) in [5, 5.41) is 8.19. The molecular formula is C21H23ClF2N6O. The minimum Gasteiger partial charge on any atom is -0.482 e. The van der Waals surface area contributed by atoms with Crippen molar-refractivity contribution in [1.82, 2.24) is 25.1 Å². The second-order valence-corrected chi connectivity index (χ2v) is 7.98. The van der Waals surface area contributed by atoms with Crippen LogP contribution in [0.1, 0.15) is 37.1 Å². The minimum absolute atomic E-state index is 0. The van der Waals surface area contributed by atoms with Crippen molar-refractivity contribution < 1.29 is 13.5 Å². The molecule has 0 radical (unpaired) electrons. The van der Waals surface area contributed by atoms with Crippen molar-refractivity contribution in [1.29, 1.82) is 0 Å². The molecule has 5 rings (SSSR count). The van der Waals surface area contributed by atoms with E-state index in [1.165, 1.54) is 5.69 Å². The molecule has 2 aliphatic heterocycles. The number of fused-ring (bicyclic) bond motifs is 2. The number of nitrogen functional groups attached to an aromatic ring is 1. The first-order valence-electron chi connectivity index (χ1n) is 9.97. The van der Waals surface area contributed by atoms with E-state index in [0.717, 1.165) is 56.1 Å². The molecule has 0 aliphatic carbocycles. The van der Waals surface area contributed by atoms with E-state index >= 15 is 0 Å². The van der Waals surface area contributed by atoms with Gasteiger partial charge in [-0.15, -0.1) is 12.4 Å². The lowest BCUT2D eigenvalue weighted by molar-refractivity contribution is 0.215. The molecule has 5 heterocycles. The van der Waals surface area contributed by atoms with Gasteiger partial charge in [0.05, 0.1) is 23.7 Å². The summed E-state index contributed by atoms with van der Waals surface area (Å²) in [6.45, 7) is 4.42. The van der Waals surface area contributed by atoms with Gasteiger partial charge in [-0.25, -0.2) is 13.8 Å². The Morgan fingerprint density at radius 2 is 1.97 bits per heavy atom. The van der Waals surface area contributed by atoms with Crippen LogP contribution in [-0.4, -0.2) is 32.8 Å². The Hall–Kier alpha value is -2.78. The Bertz CT molecular complexity index is 1090. The molecule has 0 saturated carbocycles. The first kappa shape index (κ1) is 21.5. The molecule has 1 saturated heterocycles. The van der Waals surface area contributed by atoms with E-state index in [-0.39, 0.29) is 35.0 Å². The van der Waals surface area contributed by atoms with E-state index in [2.05, 4.69) is 26.0 Å². The third kappa shape index (κ3) is 3.61. The number of pyridine rings is 2. The summed E-state index contributed by atoms with van der Waals surface area (Å²) in [6.07, 6.45) is 4.84. The predicted molar refractivity (Wildman–Crippen MR) is 114 cm³/mol. The average Bonchev–Trinajstić information content (AvgIpc) is 3.42. The normalized spacial score (nSPS) is 20.5. The van der Waals surface area contributed by atoms with Gasteiger partial charge in [0, 0.05) is 36.0 Å². The molecule has 1 unspecified atom stereocenters. The molecule has 0 aromatic carbocycles. The van der Waals surface area contributed by atoms with Crippen LogP contribution in [-0.2, 0) is 12.0 Å². The van der Waals surface area contributed by atoms with Crippen LogP contribution >= 0.6 is 12.4 Å². The highest BCUT2D eigenvalue weighted by atomic mass is 35.5. The molecular weight excluding hydrogens is 426 g/mol. The van der Waals surface area contributed by atoms with Gasteiger partial charge in [-0.1, -0.05) is 0 Å². The Morgan fingerprint density at radius 1 is 1.19 bits per heavy atom. The second kappa shape index (κ2) is 8.05. The van der Waals surface area contributed by atoms with Crippen LogP contribution in [0.3, 0.4) is 0 Å². The lowest BCUT2D eigenvalue weighted by Crippen LogP contribution is -2.25. The lowest BCUT2D eigenvalue weighted by atomic mass is 9.82. The molecule has 0 bridgehead atoms. The summed E-state index contributed by atoms with van der Waals surface area (Å²) in [5.41, 5.74) is 8.67. The van der Waals surface area contributed by atoms with Crippen LogP contribution in [0.15, 0.2) is 30.7 Å². The minimum atomic E-state index is -0.910. The van der Waals surface area contributed by atoms with Gasteiger partial charge in [0.15, 0.2) is 23.2 Å². The fourth-order valence-corrected chi connectivity index (χ4v) is 4.53. The summed E-state index contributed by atoms with van der Waals surface area (Å²) in [6, 6.07) is 3.82. The van der Waals surface area contributed by atoms with Gasteiger partial charge in [-0.05, 0) is 38.4 Å². The molecule has 31 heavy (non-hydrogen) atoms. The van der Waals surface area contributed by atoms with Gasteiger partial charge in [-0.3, -0.25) is 9.67 Å². The number of anilines is 1. The number of nitrogens with one attached hydrogen (secondary N) is 1. The predicted octanol–water partition coefficient (Wildman–Crippen LogP) is 3.40. The van der Waals surface area contributed by atoms with Gasteiger partial charge in [0.1, 0.15) is 6.10 Å². The van der Waals surface area contributed by atoms with Crippen molar-refractivity contribution >= 4 is 18.2 Å². The number of hydrogen-bond acceptors (Lipinski definition) is 6. The van der Waals surface area contributed by atoms with E-state index in [1.54, 1.807) is 19.2 Å². The van der Waals surface area contributed by atoms with Gasteiger partial charge in [-0.2, -0.15) is 5.10 Å². The topological polar surface area (TPSA) is 90.9 Å². The zero-order chi connectivity index (χ0) is 20.9. The molecule has 164 valence electrons. The molecule has 2 aliphatic rings. The molecule has 3 aromatic heterocycles. The number of rotatable bonds is 4. The molecule has 1 fully saturated rings. The molecule has 10 heteroatoms. The molecule has 1 spiro atoms. The highest BCUT2D eigenvalue weighted by Crippen LogP contribution is 2.41. The van der Waals surface area contributed by atoms with Crippen LogP contribution < -0.4 is 15.8 Å². The maximum absolute atomic E-state index is 14.0. The fraction of sp³-hybridized carbons (Fsp3) is 0.381. The Kier molecular flexibility index (Phi) is 5.57. The summed E-state index contributed by atoms with van der Waals surface area (Å²) < 4.78 is 35.9. The maximum Gasteiger partial charge on any atom is 0.166 e. The number of nitrogens with two attached hydrogens (primary N) is 1. The van der Waals surface area contributed by atoms with Gasteiger partial charge in [0.25, 0.3) is 0 Å². The van der Waals surface area contributed by atoms with E-state index in [1.807, 2.05) is 0 Å². The first-order valence-corrected chi connectivity index (χ1v) is 9.97. The zero-order valence-electron chi connectivity index (χ0n) is 16.9. The third-order valence-electron chi connectivity index (χ3n) is 6.15. The Labute approximate surface area is 184 Å². The van der Waals surface area contributed by atoms with Crippen molar-refractivity contribution in [3.63, 3.8) is 0 Å². The van der Waals surface area contributed by atoms with Crippen LogP contribution in [0.2, 0.25) is 0 Å². The Balaban J connectivity index is 0.00000231. The van der Waals surface area contributed by atoms with E-state index in [4.69, 9.17) is 15.6 Å². The number of aromatic nitrogens is 4. The first-order chi connectivity index (χ1) is 14.5. The van der Waals surface area contributed by atoms with Gasteiger partial charge in [0.2, 0.25) is 0 Å². The van der Waals surface area contributed by atoms with Crippen molar-refractivity contribution in [2.24, 2.45) is 0 Å². The molecule has 3 aromatic rings. The van der Waals surface area contributed by atoms with E-state index < -0.39 is 17.7 Å². The summed E-state index contributed by atoms with van der Waals surface area (Å²) in [5.74, 6) is -1.15. The molecule has 3 N–H and O–H groups in total. The molecule has 2 atom stereocenters. The van der Waals surface area contributed by atoms with Crippen LogP contribution in [0.25, 0.3) is 11.3 Å². The van der Waals surface area contributed by atoms with Gasteiger partial charge >= 0.3 is 0 Å². The smallest absolute Gasteiger partial charge is 0.166 e. The monoisotopic (exact) mass is 448 g/mol. The Morgan fingerprint density at radius 3 is 2.68 bits per heavy atom. The lowest BCUT2D eigenvalue weighted by Gasteiger charge is -2.20. The van der Waals surface area contributed by atoms with Crippen LogP contribution in [0, 0.1) is 11.6 Å². The quantitative estimate of drug-likeness (QED) is 0.635. The van der Waals surface area contributed by atoms with Crippen molar-refractivity contribution in [2.75, 3.05) is 18.8 Å². The zero-order valence-corrected chi connectivity index (χ0v) is 17.8. The van der Waals surface area contributed by atoms with Crippen molar-refractivity contribution in [2.45, 2.75) is 37.8 Å². The van der Waals surface area contributed by atoms with E-state index in [9.17, 15) is 8.78 Å². The largest absolute Gasteiger partial charge is 0.482 e. The summed E-state index contributed by atoms with van der Waals surface area (Å²) >= 11 is 0. The SMILES string of the molecule is CC(Oc1cc(-c2cc3n(n2)CC[C@@]32CCNC2)cnc1N)c1c(F)cncc1F.Cl. The number of ether oxygens (including phenoxy) is 1. The summed E-state index contributed by atoms with van der Waals surface area (Å²) in [7, 11) is 0. The van der Waals surface area contributed by atoms with Gasteiger partial charge < -0.3 is 15.8 Å². The third-order valence-corrected chi connectivity index (χ3v) is 6.15. The fourth-order valence-electron chi connectivity index (χ4n) is 4.53. The second-order valence-electron chi connectivity index (χ2n) is 7.98.